The predicted octanol–water partition coefficient (Wildman–Crippen LogP) is 1.64. The SMILES string of the molecule is COC(=O)c1cc(S)cc(OC)c1C#N. The summed E-state index contributed by atoms with van der Waals surface area (Å²) >= 11 is 4.10. The van der Waals surface area contributed by atoms with Crippen LogP contribution < -0.4 is 4.74 Å². The van der Waals surface area contributed by atoms with Crippen LogP contribution in [0.3, 0.4) is 0 Å². The standard InChI is InChI=1S/C10H9NO3S/c1-13-9-4-6(15)3-7(8(9)5-11)10(12)14-2/h3-4,15H,1-2H3. The third-order valence-corrected chi connectivity index (χ3v) is 2.08. The molecule has 0 aliphatic heterocycles. The molecule has 0 heterocycles. The predicted molar refractivity (Wildman–Crippen MR) is 56.3 cm³/mol. The molecule has 0 atom stereocenters. The van der Waals surface area contributed by atoms with E-state index < -0.39 is 5.97 Å². The van der Waals surface area contributed by atoms with Gasteiger partial charge in [0, 0.05) is 4.90 Å². The molecule has 0 amide bonds. The van der Waals surface area contributed by atoms with Crippen LogP contribution in [0.1, 0.15) is 15.9 Å². The van der Waals surface area contributed by atoms with E-state index in [-0.39, 0.29) is 11.1 Å². The quantitative estimate of drug-likeness (QED) is 0.611. The largest absolute Gasteiger partial charge is 0.495 e. The van der Waals surface area contributed by atoms with Gasteiger partial charge in [-0.2, -0.15) is 5.26 Å². The summed E-state index contributed by atoms with van der Waals surface area (Å²) in [6, 6.07) is 4.93. The fourth-order valence-electron chi connectivity index (χ4n) is 1.15. The summed E-state index contributed by atoms with van der Waals surface area (Å²) in [4.78, 5) is 11.9. The Morgan fingerprint density at radius 2 is 2.13 bits per heavy atom. The molecule has 0 bridgehead atoms. The van der Waals surface area contributed by atoms with Gasteiger partial charge in [0.15, 0.2) is 0 Å². The van der Waals surface area contributed by atoms with Crippen molar-refractivity contribution in [3.8, 4) is 11.8 Å². The minimum atomic E-state index is -0.583. The monoisotopic (exact) mass is 223 g/mol. The molecule has 0 fully saturated rings. The van der Waals surface area contributed by atoms with Crippen LogP contribution >= 0.6 is 12.6 Å². The van der Waals surface area contributed by atoms with Gasteiger partial charge in [0.25, 0.3) is 0 Å². The summed E-state index contributed by atoms with van der Waals surface area (Å²) in [5.41, 5.74) is 0.312. The second-order valence-corrected chi connectivity index (χ2v) is 3.19. The summed E-state index contributed by atoms with van der Waals surface area (Å²) in [5.74, 6) is -0.272. The molecule has 5 heteroatoms. The molecule has 1 aromatic carbocycles. The molecule has 0 unspecified atom stereocenters. The van der Waals surface area contributed by atoms with E-state index in [0.29, 0.717) is 10.6 Å². The summed E-state index contributed by atoms with van der Waals surface area (Å²) < 4.78 is 9.53. The minimum Gasteiger partial charge on any atom is -0.495 e. The Hall–Kier alpha value is -1.67. The highest BCUT2D eigenvalue weighted by Crippen LogP contribution is 2.26. The van der Waals surface area contributed by atoms with Gasteiger partial charge in [-0.25, -0.2) is 4.79 Å². The molecule has 0 aliphatic carbocycles. The summed E-state index contributed by atoms with van der Waals surface area (Å²) in [5, 5.41) is 8.90. The molecule has 0 aromatic heterocycles. The number of nitriles is 1. The number of thiol groups is 1. The van der Waals surface area contributed by atoms with Gasteiger partial charge in [-0.1, -0.05) is 0 Å². The summed E-state index contributed by atoms with van der Waals surface area (Å²) in [6.45, 7) is 0. The second-order valence-electron chi connectivity index (χ2n) is 2.67. The highest BCUT2D eigenvalue weighted by atomic mass is 32.1. The smallest absolute Gasteiger partial charge is 0.339 e. The number of benzene rings is 1. The Labute approximate surface area is 92.8 Å². The molecule has 0 N–H and O–H groups in total. The molecule has 0 saturated carbocycles. The first-order chi connectivity index (χ1) is 7.13. The van der Waals surface area contributed by atoms with Crippen molar-refractivity contribution < 1.29 is 14.3 Å². The minimum absolute atomic E-state index is 0.155. The van der Waals surface area contributed by atoms with E-state index in [1.165, 1.54) is 20.3 Å². The zero-order chi connectivity index (χ0) is 11.4. The average molecular weight is 223 g/mol. The van der Waals surface area contributed by atoms with Crippen LogP contribution in [0, 0.1) is 11.3 Å². The Bertz CT molecular complexity index is 437. The molecule has 78 valence electrons. The van der Waals surface area contributed by atoms with Gasteiger partial charge in [-0.05, 0) is 12.1 Å². The summed E-state index contributed by atoms with van der Waals surface area (Å²) in [7, 11) is 2.67. The van der Waals surface area contributed by atoms with E-state index >= 15 is 0 Å². The van der Waals surface area contributed by atoms with Crippen LogP contribution in [0.4, 0.5) is 0 Å². The van der Waals surface area contributed by atoms with Gasteiger partial charge in [0.2, 0.25) is 0 Å². The molecule has 0 aliphatic rings. The number of hydrogen-bond donors (Lipinski definition) is 1. The molecular formula is C10H9NO3S. The Balaban J connectivity index is 3.43. The molecule has 0 spiro atoms. The maximum atomic E-state index is 11.4. The number of hydrogen-bond acceptors (Lipinski definition) is 5. The summed E-state index contributed by atoms with van der Waals surface area (Å²) in [6.07, 6.45) is 0. The van der Waals surface area contributed by atoms with E-state index in [4.69, 9.17) is 10.00 Å². The van der Waals surface area contributed by atoms with Crippen molar-refractivity contribution in [1.82, 2.24) is 0 Å². The number of methoxy groups -OCH3 is 2. The number of rotatable bonds is 2. The fourth-order valence-corrected chi connectivity index (χ4v) is 1.39. The topological polar surface area (TPSA) is 59.3 Å². The molecular weight excluding hydrogens is 214 g/mol. The van der Waals surface area contributed by atoms with E-state index in [2.05, 4.69) is 17.4 Å². The first-order valence-electron chi connectivity index (χ1n) is 4.03. The van der Waals surface area contributed by atoms with Crippen molar-refractivity contribution in [3.63, 3.8) is 0 Å². The highest BCUT2D eigenvalue weighted by molar-refractivity contribution is 7.80. The lowest BCUT2D eigenvalue weighted by atomic mass is 10.1. The maximum Gasteiger partial charge on any atom is 0.339 e. The van der Waals surface area contributed by atoms with E-state index in [1.807, 2.05) is 6.07 Å². The van der Waals surface area contributed by atoms with Gasteiger partial charge in [-0.15, -0.1) is 12.6 Å². The van der Waals surface area contributed by atoms with E-state index in [1.54, 1.807) is 6.07 Å². The molecule has 0 radical (unpaired) electrons. The third kappa shape index (κ3) is 2.22. The van der Waals surface area contributed by atoms with Gasteiger partial charge < -0.3 is 9.47 Å². The van der Waals surface area contributed by atoms with Crippen LogP contribution in [-0.2, 0) is 4.74 Å². The Morgan fingerprint density at radius 1 is 1.47 bits per heavy atom. The van der Waals surface area contributed by atoms with Crippen molar-refractivity contribution in [3.05, 3.63) is 23.3 Å². The zero-order valence-electron chi connectivity index (χ0n) is 8.27. The number of carbonyl (C=O) groups excluding carboxylic acids is 1. The number of nitrogens with zero attached hydrogens (tertiary/aromatic N) is 1. The zero-order valence-corrected chi connectivity index (χ0v) is 9.17. The third-order valence-electron chi connectivity index (χ3n) is 1.82. The van der Waals surface area contributed by atoms with Crippen molar-refractivity contribution in [2.75, 3.05) is 14.2 Å². The maximum absolute atomic E-state index is 11.4. The van der Waals surface area contributed by atoms with Crippen LogP contribution in [-0.4, -0.2) is 20.2 Å². The molecule has 1 aromatic rings. The average Bonchev–Trinajstić information content (AvgIpc) is 2.26. The van der Waals surface area contributed by atoms with Crippen LogP contribution in [0.15, 0.2) is 17.0 Å². The lowest BCUT2D eigenvalue weighted by molar-refractivity contribution is 0.0599. The normalized spacial score (nSPS) is 9.20. The van der Waals surface area contributed by atoms with Crippen molar-refractivity contribution in [1.29, 1.82) is 5.26 Å². The number of carbonyl (C=O) groups is 1. The van der Waals surface area contributed by atoms with Crippen LogP contribution in [0.5, 0.6) is 5.75 Å². The molecule has 0 saturated heterocycles. The molecule has 1 rings (SSSR count). The lowest BCUT2D eigenvalue weighted by Crippen LogP contribution is -2.05. The van der Waals surface area contributed by atoms with Crippen LogP contribution in [0.2, 0.25) is 0 Å². The van der Waals surface area contributed by atoms with E-state index in [9.17, 15) is 4.79 Å². The van der Waals surface area contributed by atoms with Gasteiger partial charge >= 0.3 is 5.97 Å². The second kappa shape index (κ2) is 4.71. The van der Waals surface area contributed by atoms with E-state index in [0.717, 1.165) is 0 Å². The van der Waals surface area contributed by atoms with Crippen LogP contribution in [0.25, 0.3) is 0 Å². The van der Waals surface area contributed by atoms with Gasteiger partial charge in [0.05, 0.1) is 19.8 Å². The molecule has 15 heavy (non-hydrogen) atoms. The number of esters is 1. The Kier molecular flexibility index (Phi) is 3.58. The lowest BCUT2D eigenvalue weighted by Gasteiger charge is -2.07. The van der Waals surface area contributed by atoms with Crippen molar-refractivity contribution in [2.45, 2.75) is 4.90 Å². The first-order valence-corrected chi connectivity index (χ1v) is 4.48. The van der Waals surface area contributed by atoms with Gasteiger partial charge in [0.1, 0.15) is 17.4 Å². The first kappa shape index (κ1) is 11.4. The fraction of sp³-hybridized carbons (Fsp3) is 0.200. The molecule has 4 nitrogen and oxygen atoms in total. The Morgan fingerprint density at radius 3 is 2.60 bits per heavy atom. The van der Waals surface area contributed by atoms with Gasteiger partial charge in [-0.3, -0.25) is 0 Å². The van der Waals surface area contributed by atoms with Crippen molar-refractivity contribution >= 4 is 18.6 Å². The number of ether oxygens (including phenoxy) is 2. The van der Waals surface area contributed by atoms with Crippen molar-refractivity contribution in [2.24, 2.45) is 0 Å². The highest BCUT2D eigenvalue weighted by Gasteiger charge is 2.17.